The monoisotopic (exact) mass is 394 g/mol. The minimum atomic E-state index is 0.111. The average Bonchev–Trinajstić information content (AvgIpc) is 2.73. The fourth-order valence-electron chi connectivity index (χ4n) is 3.03. The molecule has 7 heteroatoms. The molecule has 1 aromatic heterocycles. The van der Waals surface area contributed by atoms with Gasteiger partial charge >= 0.3 is 0 Å². The number of hydrogen-bond donors (Lipinski definition) is 2. The molecule has 0 saturated heterocycles. The normalized spacial score (nSPS) is 11.5. The van der Waals surface area contributed by atoms with Crippen LogP contribution in [0.3, 0.4) is 0 Å². The zero-order chi connectivity index (χ0) is 20.8. The highest BCUT2D eigenvalue weighted by Gasteiger charge is 2.14. The van der Waals surface area contributed by atoms with Crippen molar-refractivity contribution in [1.29, 1.82) is 0 Å². The van der Waals surface area contributed by atoms with Crippen LogP contribution in [0.15, 0.2) is 48.5 Å². The summed E-state index contributed by atoms with van der Waals surface area (Å²) in [6, 6.07) is 15.9. The molecule has 0 bridgehead atoms. The smallest absolute Gasteiger partial charge is 0.229 e. The van der Waals surface area contributed by atoms with Gasteiger partial charge in [-0.05, 0) is 19.4 Å². The summed E-state index contributed by atoms with van der Waals surface area (Å²) >= 11 is 0. The van der Waals surface area contributed by atoms with Gasteiger partial charge in [-0.25, -0.2) is 4.98 Å². The first kappa shape index (κ1) is 20.3. The van der Waals surface area contributed by atoms with Crippen LogP contribution in [0.5, 0.6) is 17.2 Å². The lowest BCUT2D eigenvalue weighted by Crippen LogP contribution is -2.10. The number of rotatable bonds is 8. The molecule has 3 aromatic rings. The van der Waals surface area contributed by atoms with Gasteiger partial charge in [-0.15, -0.1) is 0 Å². The van der Waals surface area contributed by atoms with Crippen LogP contribution in [0.1, 0.15) is 24.2 Å². The Kier molecular flexibility index (Phi) is 6.39. The van der Waals surface area contributed by atoms with E-state index in [1.165, 1.54) is 5.56 Å². The van der Waals surface area contributed by atoms with Gasteiger partial charge in [0.05, 0.1) is 21.3 Å². The van der Waals surface area contributed by atoms with E-state index in [-0.39, 0.29) is 6.04 Å². The summed E-state index contributed by atoms with van der Waals surface area (Å²) in [7, 11) is 4.73. The highest BCUT2D eigenvalue weighted by molar-refractivity contribution is 5.66. The van der Waals surface area contributed by atoms with Crippen LogP contribution in [0, 0.1) is 6.92 Å². The summed E-state index contributed by atoms with van der Waals surface area (Å²) in [5, 5.41) is 6.65. The van der Waals surface area contributed by atoms with Gasteiger partial charge in [0.25, 0.3) is 0 Å². The van der Waals surface area contributed by atoms with Crippen molar-refractivity contribution in [3.63, 3.8) is 0 Å². The number of ether oxygens (including phenoxy) is 3. The number of aromatic nitrogens is 2. The first-order valence-corrected chi connectivity index (χ1v) is 9.28. The van der Waals surface area contributed by atoms with E-state index in [4.69, 9.17) is 14.2 Å². The van der Waals surface area contributed by atoms with Crippen molar-refractivity contribution in [2.75, 3.05) is 32.0 Å². The van der Waals surface area contributed by atoms with Gasteiger partial charge in [-0.1, -0.05) is 30.3 Å². The van der Waals surface area contributed by atoms with Gasteiger partial charge in [0.1, 0.15) is 5.82 Å². The van der Waals surface area contributed by atoms with E-state index >= 15 is 0 Å². The molecule has 2 N–H and O–H groups in total. The third kappa shape index (κ3) is 4.87. The number of aryl methyl sites for hydroxylation is 1. The van der Waals surface area contributed by atoms with Gasteiger partial charge < -0.3 is 24.8 Å². The Hall–Kier alpha value is -3.48. The highest BCUT2D eigenvalue weighted by Crippen LogP contribution is 2.40. The quantitative estimate of drug-likeness (QED) is 0.572. The molecule has 0 aliphatic carbocycles. The molecule has 0 saturated carbocycles. The zero-order valence-electron chi connectivity index (χ0n) is 17.3. The predicted octanol–water partition coefficient (Wildman–Crippen LogP) is 4.73. The van der Waals surface area contributed by atoms with Crippen molar-refractivity contribution in [3.8, 4) is 17.2 Å². The molecule has 3 rings (SSSR count). The Bertz CT molecular complexity index is 939. The molecule has 1 atom stereocenters. The summed E-state index contributed by atoms with van der Waals surface area (Å²) in [4.78, 5) is 9.09. The van der Waals surface area contributed by atoms with Gasteiger partial charge in [-0.2, -0.15) is 4.98 Å². The molecule has 1 unspecified atom stereocenters. The third-order valence-electron chi connectivity index (χ3n) is 4.44. The van der Waals surface area contributed by atoms with Gasteiger partial charge in [0, 0.05) is 35.6 Å². The van der Waals surface area contributed by atoms with Crippen molar-refractivity contribution < 1.29 is 14.2 Å². The summed E-state index contributed by atoms with van der Waals surface area (Å²) in [6.45, 7) is 4.03. The molecular weight excluding hydrogens is 368 g/mol. The van der Waals surface area contributed by atoms with Crippen molar-refractivity contribution in [3.05, 3.63) is 59.8 Å². The van der Waals surface area contributed by atoms with Crippen LogP contribution >= 0.6 is 0 Å². The minimum Gasteiger partial charge on any atom is -0.493 e. The van der Waals surface area contributed by atoms with E-state index in [2.05, 4.69) is 39.7 Å². The summed E-state index contributed by atoms with van der Waals surface area (Å²) < 4.78 is 16.2. The first-order chi connectivity index (χ1) is 14.0. The number of nitrogens with zero attached hydrogens (tertiary/aromatic N) is 2. The maximum absolute atomic E-state index is 5.41. The van der Waals surface area contributed by atoms with Crippen molar-refractivity contribution in [2.24, 2.45) is 0 Å². The summed E-state index contributed by atoms with van der Waals surface area (Å²) in [5.74, 6) is 2.85. The van der Waals surface area contributed by atoms with Gasteiger partial charge in [0.2, 0.25) is 11.7 Å². The Balaban J connectivity index is 1.85. The molecule has 0 radical (unpaired) electrons. The van der Waals surface area contributed by atoms with Crippen LogP contribution in [0.4, 0.5) is 17.5 Å². The summed E-state index contributed by atoms with van der Waals surface area (Å²) in [6.07, 6.45) is 0. The molecule has 0 fully saturated rings. The molecule has 1 heterocycles. The fourth-order valence-corrected chi connectivity index (χ4v) is 3.03. The SMILES string of the molecule is COc1cc(Nc2nc(C)cc(NC(C)c3ccccc3)n2)cc(OC)c1OC. The van der Waals surface area contributed by atoms with Crippen LogP contribution in [0.25, 0.3) is 0 Å². The molecule has 0 aliphatic rings. The van der Waals surface area contributed by atoms with Crippen molar-refractivity contribution in [2.45, 2.75) is 19.9 Å². The second kappa shape index (κ2) is 9.14. The predicted molar refractivity (Wildman–Crippen MR) is 115 cm³/mol. The van der Waals surface area contributed by atoms with Gasteiger partial charge in [-0.3, -0.25) is 0 Å². The van der Waals surface area contributed by atoms with Crippen LogP contribution in [-0.4, -0.2) is 31.3 Å². The largest absolute Gasteiger partial charge is 0.493 e. The topological polar surface area (TPSA) is 77.5 Å². The number of benzene rings is 2. The van der Waals surface area contributed by atoms with E-state index in [9.17, 15) is 0 Å². The van der Waals surface area contributed by atoms with Crippen molar-refractivity contribution in [1.82, 2.24) is 9.97 Å². The molecule has 29 heavy (non-hydrogen) atoms. The van der Waals surface area contributed by atoms with Crippen LogP contribution in [-0.2, 0) is 0 Å². The molecule has 7 nitrogen and oxygen atoms in total. The number of methoxy groups -OCH3 is 3. The minimum absolute atomic E-state index is 0.111. The lowest BCUT2D eigenvalue weighted by molar-refractivity contribution is 0.324. The van der Waals surface area contributed by atoms with E-state index in [0.29, 0.717) is 23.2 Å². The van der Waals surface area contributed by atoms with E-state index in [1.54, 1.807) is 21.3 Å². The van der Waals surface area contributed by atoms with Crippen LogP contribution in [0.2, 0.25) is 0 Å². The van der Waals surface area contributed by atoms with Crippen molar-refractivity contribution >= 4 is 17.5 Å². The number of nitrogens with one attached hydrogen (secondary N) is 2. The van der Waals surface area contributed by atoms with Crippen LogP contribution < -0.4 is 24.8 Å². The Morgan fingerprint density at radius 3 is 2.10 bits per heavy atom. The lowest BCUT2D eigenvalue weighted by Gasteiger charge is -2.17. The van der Waals surface area contributed by atoms with E-state index in [0.717, 1.165) is 17.2 Å². The number of anilines is 3. The second-order valence-corrected chi connectivity index (χ2v) is 6.53. The molecule has 0 amide bonds. The Labute approximate surface area is 171 Å². The second-order valence-electron chi connectivity index (χ2n) is 6.53. The Morgan fingerprint density at radius 2 is 1.52 bits per heavy atom. The fraction of sp³-hybridized carbons (Fsp3) is 0.273. The van der Waals surface area contributed by atoms with Gasteiger partial charge in [0.15, 0.2) is 11.5 Å². The number of hydrogen-bond acceptors (Lipinski definition) is 7. The van der Waals surface area contributed by atoms with E-state index in [1.807, 2.05) is 43.3 Å². The zero-order valence-corrected chi connectivity index (χ0v) is 17.3. The van der Waals surface area contributed by atoms with E-state index < -0.39 is 0 Å². The maximum Gasteiger partial charge on any atom is 0.229 e. The lowest BCUT2D eigenvalue weighted by atomic mass is 10.1. The molecule has 2 aromatic carbocycles. The standard InChI is InChI=1S/C22H26N4O3/c1-14-11-20(24-15(2)16-9-7-6-8-10-16)26-22(23-14)25-17-12-18(27-3)21(29-5)19(13-17)28-4/h6-13,15H,1-5H3,(H2,23,24,25,26). The average molecular weight is 394 g/mol. The molecule has 0 spiro atoms. The molecule has 152 valence electrons. The summed E-state index contributed by atoms with van der Waals surface area (Å²) in [5.41, 5.74) is 2.76. The Morgan fingerprint density at radius 1 is 0.862 bits per heavy atom. The highest BCUT2D eigenvalue weighted by atomic mass is 16.5. The third-order valence-corrected chi connectivity index (χ3v) is 4.44. The maximum atomic E-state index is 5.41. The molecular formula is C22H26N4O3. The first-order valence-electron chi connectivity index (χ1n) is 9.28. The molecule has 0 aliphatic heterocycles.